The van der Waals surface area contributed by atoms with Crippen LogP contribution in [0.2, 0.25) is 0 Å². The molecular weight excluding hydrogens is 359 g/mol. The Morgan fingerprint density at radius 3 is 2.89 bits per heavy atom. The number of hydrogen-bond acceptors (Lipinski definition) is 5. The van der Waals surface area contributed by atoms with Gasteiger partial charge in [0, 0.05) is 43.0 Å². The lowest BCUT2D eigenvalue weighted by molar-refractivity contribution is -0.126. The normalized spacial score (nSPS) is 26.2. The van der Waals surface area contributed by atoms with Crippen molar-refractivity contribution in [1.29, 1.82) is 0 Å². The number of carbonyl (C=O) groups is 1. The summed E-state index contributed by atoms with van der Waals surface area (Å²) < 4.78 is 19.9. The number of fused-ring (bicyclic) bond motifs is 3. The third kappa shape index (κ3) is 3.35. The molecule has 2 aromatic rings. The number of halogens is 1. The molecule has 1 N–H and O–H groups in total. The summed E-state index contributed by atoms with van der Waals surface area (Å²) in [6, 6.07) is 6.49. The quantitative estimate of drug-likeness (QED) is 0.860. The Labute approximate surface area is 163 Å². The molecule has 146 valence electrons. The summed E-state index contributed by atoms with van der Waals surface area (Å²) in [6.07, 6.45) is 5.81. The molecule has 1 saturated heterocycles. The van der Waals surface area contributed by atoms with Gasteiger partial charge >= 0.3 is 0 Å². The molecule has 3 atom stereocenters. The monoisotopic (exact) mass is 382 g/mol. The molecule has 3 heterocycles. The average molecular weight is 382 g/mol. The second-order valence-electron chi connectivity index (χ2n) is 7.99. The van der Waals surface area contributed by atoms with Gasteiger partial charge in [-0.2, -0.15) is 0 Å². The number of benzene rings is 1. The van der Waals surface area contributed by atoms with Crippen LogP contribution in [0.4, 0.5) is 4.39 Å². The summed E-state index contributed by atoms with van der Waals surface area (Å²) in [5, 5.41) is 2.98. The van der Waals surface area contributed by atoms with Crippen LogP contribution >= 0.6 is 0 Å². The number of nitrogens with zero attached hydrogens (tertiary/aromatic N) is 3. The van der Waals surface area contributed by atoms with Gasteiger partial charge in [0.2, 0.25) is 5.91 Å². The fraction of sp³-hybridized carbons (Fsp3) is 0.476. The van der Waals surface area contributed by atoms with Gasteiger partial charge in [-0.05, 0) is 43.0 Å². The molecular formula is C21H23FN4O2. The minimum absolute atomic E-state index is 0.01000. The molecule has 1 aliphatic carbocycles. The standard InChI is InChI=1S/C21H23FN4O2/c22-14-4-5-18-15(8-14)20-17(12-28-18)16(11-26(20)10-13-2-3-13)21(27)25-9-19-23-6-1-7-24-19/h1,4-8,13,16-17,20H,2-3,9-12H2,(H,25,27)/t16-,17+,20+/m1/s1. The van der Waals surface area contributed by atoms with Crippen molar-refractivity contribution in [3.8, 4) is 5.75 Å². The van der Waals surface area contributed by atoms with Crippen LogP contribution in [-0.2, 0) is 11.3 Å². The van der Waals surface area contributed by atoms with Crippen molar-refractivity contribution >= 4 is 5.91 Å². The van der Waals surface area contributed by atoms with E-state index in [2.05, 4.69) is 20.2 Å². The van der Waals surface area contributed by atoms with E-state index in [-0.39, 0.29) is 29.6 Å². The molecule has 28 heavy (non-hydrogen) atoms. The van der Waals surface area contributed by atoms with Gasteiger partial charge in [-0.25, -0.2) is 14.4 Å². The summed E-state index contributed by atoms with van der Waals surface area (Å²) in [4.78, 5) is 23.7. The SMILES string of the molecule is O=C(NCc1ncccn1)[C@@H]1CN(CC2CC2)[C@H]2c3cc(F)ccc3OC[C@@H]12. The maximum absolute atomic E-state index is 14.0. The Hall–Kier alpha value is -2.54. The van der Waals surface area contributed by atoms with Crippen LogP contribution in [-0.4, -0.2) is 40.5 Å². The molecule has 7 heteroatoms. The van der Waals surface area contributed by atoms with Gasteiger partial charge in [0.05, 0.1) is 19.1 Å². The maximum Gasteiger partial charge on any atom is 0.225 e. The van der Waals surface area contributed by atoms with E-state index in [0.717, 1.165) is 17.9 Å². The van der Waals surface area contributed by atoms with Crippen LogP contribution in [0.5, 0.6) is 5.75 Å². The number of hydrogen-bond donors (Lipinski definition) is 1. The second kappa shape index (κ2) is 7.13. The number of carbonyl (C=O) groups excluding carboxylic acids is 1. The fourth-order valence-corrected chi connectivity index (χ4v) is 4.51. The van der Waals surface area contributed by atoms with E-state index in [4.69, 9.17) is 4.74 Å². The van der Waals surface area contributed by atoms with Crippen LogP contribution < -0.4 is 10.1 Å². The largest absolute Gasteiger partial charge is 0.493 e. The van der Waals surface area contributed by atoms with Crippen molar-refractivity contribution in [2.45, 2.75) is 25.4 Å². The van der Waals surface area contributed by atoms with Gasteiger partial charge in [-0.3, -0.25) is 9.69 Å². The molecule has 0 unspecified atom stereocenters. The van der Waals surface area contributed by atoms with Gasteiger partial charge in [0.1, 0.15) is 17.4 Å². The third-order valence-corrected chi connectivity index (χ3v) is 6.04. The van der Waals surface area contributed by atoms with E-state index < -0.39 is 0 Å². The molecule has 1 aromatic heterocycles. The van der Waals surface area contributed by atoms with Gasteiger partial charge < -0.3 is 10.1 Å². The van der Waals surface area contributed by atoms with Crippen molar-refractivity contribution in [3.63, 3.8) is 0 Å². The highest BCUT2D eigenvalue weighted by molar-refractivity contribution is 5.80. The van der Waals surface area contributed by atoms with Crippen LogP contribution in [0.1, 0.15) is 30.3 Å². The minimum atomic E-state index is -0.261. The molecule has 6 nitrogen and oxygen atoms in total. The highest BCUT2D eigenvalue weighted by Gasteiger charge is 2.49. The number of nitrogens with one attached hydrogen (secondary N) is 1. The fourth-order valence-electron chi connectivity index (χ4n) is 4.51. The first-order chi connectivity index (χ1) is 13.7. The molecule has 0 bridgehead atoms. The highest BCUT2D eigenvalue weighted by Crippen LogP contribution is 2.49. The number of aromatic nitrogens is 2. The lowest BCUT2D eigenvalue weighted by Crippen LogP contribution is -2.38. The molecule has 2 fully saturated rings. The van der Waals surface area contributed by atoms with Crippen molar-refractivity contribution < 1.29 is 13.9 Å². The van der Waals surface area contributed by atoms with Crippen molar-refractivity contribution in [3.05, 3.63) is 53.9 Å². The van der Waals surface area contributed by atoms with Crippen LogP contribution in [0, 0.1) is 23.6 Å². The van der Waals surface area contributed by atoms with Gasteiger partial charge in [0.25, 0.3) is 0 Å². The van der Waals surface area contributed by atoms with Gasteiger partial charge in [0.15, 0.2) is 0 Å². The second-order valence-corrected chi connectivity index (χ2v) is 7.99. The van der Waals surface area contributed by atoms with Crippen molar-refractivity contribution in [1.82, 2.24) is 20.2 Å². The molecule has 2 aliphatic heterocycles. The molecule has 0 spiro atoms. The van der Waals surface area contributed by atoms with E-state index in [9.17, 15) is 9.18 Å². The maximum atomic E-state index is 14.0. The lowest BCUT2D eigenvalue weighted by Gasteiger charge is -2.34. The molecule has 1 saturated carbocycles. The molecule has 1 amide bonds. The molecule has 5 rings (SSSR count). The van der Waals surface area contributed by atoms with Gasteiger partial charge in [-0.15, -0.1) is 0 Å². The summed E-state index contributed by atoms with van der Waals surface area (Å²) >= 11 is 0. The van der Waals surface area contributed by atoms with Crippen LogP contribution in [0.3, 0.4) is 0 Å². The average Bonchev–Trinajstić information content (AvgIpc) is 3.45. The number of amides is 1. The molecule has 0 radical (unpaired) electrons. The van der Waals surface area contributed by atoms with Crippen LogP contribution in [0.25, 0.3) is 0 Å². The predicted molar refractivity (Wildman–Crippen MR) is 99.8 cm³/mol. The Bertz CT molecular complexity index is 874. The first kappa shape index (κ1) is 17.6. The summed E-state index contributed by atoms with van der Waals surface area (Å²) in [6.45, 7) is 2.42. The van der Waals surface area contributed by atoms with E-state index in [1.54, 1.807) is 30.6 Å². The summed E-state index contributed by atoms with van der Waals surface area (Å²) in [5.41, 5.74) is 0.874. The topological polar surface area (TPSA) is 67.4 Å². The zero-order valence-corrected chi connectivity index (χ0v) is 15.6. The Morgan fingerprint density at radius 2 is 2.11 bits per heavy atom. The molecule has 3 aliphatic rings. The predicted octanol–water partition coefficient (Wildman–Crippen LogP) is 2.32. The first-order valence-corrected chi connectivity index (χ1v) is 9.89. The molecule has 1 aromatic carbocycles. The Kier molecular flexibility index (Phi) is 4.47. The van der Waals surface area contributed by atoms with Crippen molar-refractivity contribution in [2.75, 3.05) is 19.7 Å². The number of rotatable bonds is 5. The van der Waals surface area contributed by atoms with Crippen LogP contribution in [0.15, 0.2) is 36.7 Å². The lowest BCUT2D eigenvalue weighted by atomic mass is 9.85. The first-order valence-electron chi connectivity index (χ1n) is 9.89. The number of likely N-dealkylation sites (tertiary alicyclic amines) is 1. The zero-order valence-electron chi connectivity index (χ0n) is 15.6. The van der Waals surface area contributed by atoms with E-state index in [1.165, 1.54) is 18.9 Å². The smallest absolute Gasteiger partial charge is 0.225 e. The van der Waals surface area contributed by atoms with E-state index >= 15 is 0 Å². The third-order valence-electron chi connectivity index (χ3n) is 6.04. The highest BCUT2D eigenvalue weighted by atomic mass is 19.1. The van der Waals surface area contributed by atoms with E-state index in [0.29, 0.717) is 31.4 Å². The Morgan fingerprint density at radius 1 is 1.29 bits per heavy atom. The minimum Gasteiger partial charge on any atom is -0.493 e. The van der Waals surface area contributed by atoms with E-state index in [1.807, 2.05) is 0 Å². The van der Waals surface area contributed by atoms with Gasteiger partial charge in [-0.1, -0.05) is 0 Å². The summed E-state index contributed by atoms with van der Waals surface area (Å²) in [7, 11) is 0. The Balaban J connectivity index is 1.37. The number of ether oxygens (including phenoxy) is 1. The zero-order chi connectivity index (χ0) is 19.1. The summed E-state index contributed by atoms with van der Waals surface area (Å²) in [5.74, 6) is 1.58. The van der Waals surface area contributed by atoms with Crippen molar-refractivity contribution in [2.24, 2.45) is 17.8 Å².